The first kappa shape index (κ1) is 22.4. The van der Waals surface area contributed by atoms with Crippen molar-refractivity contribution in [2.24, 2.45) is 11.8 Å². The van der Waals surface area contributed by atoms with E-state index in [4.69, 9.17) is 4.98 Å². The molecule has 2 aliphatic carbocycles. The standard InChI is InChI=1S/C28H29BrN6/c29-25-18-32-35-27(31-17-20-5-4-12-30-16-20)15-26(33-28(25)35)22-10-13-34(14-11-22)19-23-8-3-7-21-6-1-2-9-24(21)23/h1-9,12,15-16,18,22-24,31H,10-11,13-14,17,19H2. The lowest BCUT2D eigenvalue weighted by Crippen LogP contribution is -2.38. The molecule has 0 aromatic carbocycles. The van der Waals surface area contributed by atoms with Gasteiger partial charge < -0.3 is 10.2 Å². The molecule has 2 unspecified atom stereocenters. The van der Waals surface area contributed by atoms with Gasteiger partial charge in [0.1, 0.15) is 5.82 Å². The minimum absolute atomic E-state index is 0.451. The summed E-state index contributed by atoms with van der Waals surface area (Å²) in [4.78, 5) is 11.9. The van der Waals surface area contributed by atoms with Gasteiger partial charge in [-0.3, -0.25) is 4.98 Å². The fraction of sp³-hybridized carbons (Fsp3) is 0.321. The molecular weight excluding hydrogens is 500 g/mol. The number of nitrogens with zero attached hydrogens (tertiary/aromatic N) is 5. The number of halogens is 1. The smallest absolute Gasteiger partial charge is 0.171 e. The van der Waals surface area contributed by atoms with Gasteiger partial charge >= 0.3 is 0 Å². The maximum atomic E-state index is 5.02. The maximum Gasteiger partial charge on any atom is 0.171 e. The molecule has 2 atom stereocenters. The Balaban J connectivity index is 1.14. The van der Waals surface area contributed by atoms with E-state index in [1.807, 2.05) is 23.0 Å². The monoisotopic (exact) mass is 528 g/mol. The summed E-state index contributed by atoms with van der Waals surface area (Å²) in [5, 5.41) is 8.08. The second-order valence-electron chi connectivity index (χ2n) is 9.57. The van der Waals surface area contributed by atoms with Crippen molar-refractivity contribution in [3.8, 4) is 0 Å². The third-order valence-corrected chi connectivity index (χ3v) is 7.89. The van der Waals surface area contributed by atoms with Crippen LogP contribution in [0.4, 0.5) is 5.82 Å². The van der Waals surface area contributed by atoms with Crippen LogP contribution in [0.1, 0.15) is 30.0 Å². The molecule has 178 valence electrons. The van der Waals surface area contributed by atoms with Gasteiger partial charge in [0.25, 0.3) is 0 Å². The summed E-state index contributed by atoms with van der Waals surface area (Å²) in [6.07, 6.45) is 23.6. The van der Waals surface area contributed by atoms with Crippen molar-refractivity contribution < 1.29 is 0 Å². The second kappa shape index (κ2) is 9.91. The fourth-order valence-corrected chi connectivity index (χ4v) is 5.78. The number of hydrogen-bond donors (Lipinski definition) is 1. The molecule has 1 N–H and O–H groups in total. The van der Waals surface area contributed by atoms with Crippen LogP contribution in [0.5, 0.6) is 0 Å². The van der Waals surface area contributed by atoms with Crippen LogP contribution in [0, 0.1) is 11.8 Å². The maximum absolute atomic E-state index is 5.02. The number of anilines is 1. The molecule has 1 aliphatic heterocycles. The van der Waals surface area contributed by atoms with E-state index in [-0.39, 0.29) is 0 Å². The van der Waals surface area contributed by atoms with E-state index in [0.29, 0.717) is 24.3 Å². The summed E-state index contributed by atoms with van der Waals surface area (Å²) < 4.78 is 2.80. The minimum Gasteiger partial charge on any atom is -0.366 e. The highest BCUT2D eigenvalue weighted by Crippen LogP contribution is 2.34. The molecule has 0 spiro atoms. The third-order valence-electron chi connectivity index (χ3n) is 7.33. The molecule has 35 heavy (non-hydrogen) atoms. The summed E-state index contributed by atoms with van der Waals surface area (Å²) in [5.41, 5.74) is 4.58. The van der Waals surface area contributed by atoms with E-state index in [9.17, 15) is 0 Å². The molecular formula is C28H29BrN6. The van der Waals surface area contributed by atoms with Gasteiger partial charge in [-0.15, -0.1) is 0 Å². The zero-order valence-corrected chi connectivity index (χ0v) is 21.2. The molecule has 1 fully saturated rings. The van der Waals surface area contributed by atoms with Crippen LogP contribution in [0.15, 0.2) is 89.4 Å². The van der Waals surface area contributed by atoms with Crippen LogP contribution in [-0.2, 0) is 6.54 Å². The quantitative estimate of drug-likeness (QED) is 0.455. The van der Waals surface area contributed by atoms with Crippen LogP contribution >= 0.6 is 15.9 Å². The number of likely N-dealkylation sites (tertiary alicyclic amines) is 1. The van der Waals surface area contributed by atoms with E-state index >= 15 is 0 Å². The van der Waals surface area contributed by atoms with Crippen molar-refractivity contribution in [2.45, 2.75) is 25.3 Å². The van der Waals surface area contributed by atoms with Gasteiger partial charge in [0.2, 0.25) is 0 Å². The molecule has 4 heterocycles. The summed E-state index contributed by atoms with van der Waals surface area (Å²) in [5.74, 6) is 2.48. The molecule has 3 aromatic rings. The lowest BCUT2D eigenvalue weighted by atomic mass is 9.79. The number of allylic oxidation sites excluding steroid dienone is 7. The Labute approximate surface area is 214 Å². The number of piperidine rings is 1. The third kappa shape index (κ3) is 4.75. The highest BCUT2D eigenvalue weighted by Gasteiger charge is 2.28. The van der Waals surface area contributed by atoms with Crippen molar-refractivity contribution >= 4 is 27.4 Å². The van der Waals surface area contributed by atoms with Crippen molar-refractivity contribution in [3.05, 3.63) is 101 Å². The average molecular weight is 529 g/mol. The fourth-order valence-electron chi connectivity index (χ4n) is 5.43. The Morgan fingerprint density at radius 2 is 2.00 bits per heavy atom. The van der Waals surface area contributed by atoms with Gasteiger partial charge in [-0.25, -0.2) is 4.98 Å². The number of nitrogens with one attached hydrogen (secondary N) is 1. The SMILES string of the molecule is Brc1cnn2c(NCc3cccnc3)cc(C3CCN(CC4C=CC=C5C=CC=CC54)CC3)nc12. The zero-order valence-electron chi connectivity index (χ0n) is 19.6. The number of fused-ring (bicyclic) bond motifs is 2. The topological polar surface area (TPSA) is 58.4 Å². The van der Waals surface area contributed by atoms with Crippen molar-refractivity contribution in [1.29, 1.82) is 0 Å². The lowest BCUT2D eigenvalue weighted by Gasteiger charge is -2.36. The van der Waals surface area contributed by atoms with Crippen LogP contribution in [0.2, 0.25) is 0 Å². The highest BCUT2D eigenvalue weighted by molar-refractivity contribution is 9.10. The highest BCUT2D eigenvalue weighted by atomic mass is 79.9. The largest absolute Gasteiger partial charge is 0.366 e. The predicted octanol–water partition coefficient (Wildman–Crippen LogP) is 5.53. The lowest BCUT2D eigenvalue weighted by molar-refractivity contribution is 0.185. The molecule has 6 nitrogen and oxygen atoms in total. The van der Waals surface area contributed by atoms with Crippen LogP contribution in [0.25, 0.3) is 5.65 Å². The first-order valence-electron chi connectivity index (χ1n) is 12.4. The molecule has 0 radical (unpaired) electrons. The molecule has 1 saturated heterocycles. The van der Waals surface area contributed by atoms with E-state index in [2.05, 4.69) is 90.9 Å². The van der Waals surface area contributed by atoms with Crippen LogP contribution in [0.3, 0.4) is 0 Å². The summed E-state index contributed by atoms with van der Waals surface area (Å²) in [7, 11) is 0. The second-order valence-corrected chi connectivity index (χ2v) is 10.4. The Hall–Kier alpha value is -3.03. The van der Waals surface area contributed by atoms with Gasteiger partial charge in [0.15, 0.2) is 5.65 Å². The summed E-state index contributed by atoms with van der Waals surface area (Å²) in [6.45, 7) is 4.01. The molecule has 0 amide bonds. The van der Waals surface area contributed by atoms with Gasteiger partial charge in [-0.05, 0) is 59.1 Å². The van der Waals surface area contributed by atoms with Crippen molar-refractivity contribution in [3.63, 3.8) is 0 Å². The summed E-state index contributed by atoms with van der Waals surface area (Å²) in [6, 6.07) is 6.22. The van der Waals surface area contributed by atoms with E-state index in [1.54, 1.807) is 6.20 Å². The van der Waals surface area contributed by atoms with Gasteiger partial charge in [-0.1, -0.05) is 48.6 Å². The molecule has 0 saturated carbocycles. The van der Waals surface area contributed by atoms with Gasteiger partial charge in [0, 0.05) is 55.0 Å². The molecule has 6 rings (SSSR count). The van der Waals surface area contributed by atoms with Crippen LogP contribution in [-0.4, -0.2) is 44.1 Å². The molecule has 0 bridgehead atoms. The Morgan fingerprint density at radius 1 is 1.09 bits per heavy atom. The molecule has 3 aliphatic rings. The van der Waals surface area contributed by atoms with E-state index in [0.717, 1.165) is 59.7 Å². The van der Waals surface area contributed by atoms with E-state index in [1.165, 1.54) is 5.57 Å². The number of hydrogen-bond acceptors (Lipinski definition) is 5. The minimum atomic E-state index is 0.451. The Morgan fingerprint density at radius 3 is 2.86 bits per heavy atom. The van der Waals surface area contributed by atoms with Crippen molar-refractivity contribution in [1.82, 2.24) is 24.5 Å². The van der Waals surface area contributed by atoms with E-state index < -0.39 is 0 Å². The normalized spacial score (nSPS) is 22.4. The summed E-state index contributed by atoms with van der Waals surface area (Å²) >= 11 is 3.63. The molecule has 3 aromatic heterocycles. The number of rotatable bonds is 6. The predicted molar refractivity (Wildman–Crippen MR) is 143 cm³/mol. The average Bonchev–Trinajstić information content (AvgIpc) is 3.29. The first-order valence-corrected chi connectivity index (χ1v) is 13.2. The zero-order chi connectivity index (χ0) is 23.6. The van der Waals surface area contributed by atoms with Crippen molar-refractivity contribution in [2.75, 3.05) is 25.0 Å². The molecule has 7 heteroatoms. The number of pyridine rings is 1. The van der Waals surface area contributed by atoms with Crippen LogP contribution < -0.4 is 5.32 Å². The Bertz CT molecular complexity index is 1310. The first-order chi connectivity index (χ1) is 17.2. The van der Waals surface area contributed by atoms with Gasteiger partial charge in [0.05, 0.1) is 10.7 Å². The Kier molecular flexibility index (Phi) is 6.35. The number of aromatic nitrogens is 4. The van der Waals surface area contributed by atoms with Gasteiger partial charge in [-0.2, -0.15) is 9.61 Å².